The third kappa shape index (κ3) is 2.92. The molecule has 0 saturated heterocycles. The van der Waals surface area contributed by atoms with Gasteiger partial charge < -0.3 is 15.6 Å². The van der Waals surface area contributed by atoms with Gasteiger partial charge in [-0.05, 0) is 5.56 Å². The minimum Gasteiger partial charge on any atom is -0.347 e. The number of benzene rings is 1. The number of amides is 1. The van der Waals surface area contributed by atoms with Crippen molar-refractivity contribution in [1.82, 2.24) is 15.5 Å². The van der Waals surface area contributed by atoms with Crippen molar-refractivity contribution in [2.24, 2.45) is 5.73 Å². The Bertz CT molecular complexity index is 524. The summed E-state index contributed by atoms with van der Waals surface area (Å²) in [6.45, 7) is 1.89. The van der Waals surface area contributed by atoms with Gasteiger partial charge in [0.2, 0.25) is 11.8 Å². The zero-order valence-electron chi connectivity index (χ0n) is 9.96. The zero-order chi connectivity index (χ0) is 13.0. The number of carbonyl (C=O) groups is 1. The van der Waals surface area contributed by atoms with Gasteiger partial charge in [0.25, 0.3) is 0 Å². The second kappa shape index (κ2) is 5.42. The molecule has 0 fully saturated rings. The molecular weight excluding hydrogens is 232 g/mol. The molecule has 0 aliphatic heterocycles. The van der Waals surface area contributed by atoms with Gasteiger partial charge in [-0.1, -0.05) is 35.5 Å². The number of nitrogens with zero attached hydrogens (tertiary/aromatic N) is 2. The van der Waals surface area contributed by atoms with Crippen LogP contribution in [0.25, 0.3) is 0 Å². The van der Waals surface area contributed by atoms with Crippen LogP contribution in [-0.4, -0.2) is 16.0 Å². The highest BCUT2D eigenvalue weighted by atomic mass is 16.5. The summed E-state index contributed by atoms with van der Waals surface area (Å²) >= 11 is 0. The average Bonchev–Trinajstić information content (AvgIpc) is 2.82. The van der Waals surface area contributed by atoms with E-state index >= 15 is 0 Å². The summed E-state index contributed by atoms with van der Waals surface area (Å²) in [4.78, 5) is 15.8. The third-order valence-electron chi connectivity index (χ3n) is 2.43. The first-order chi connectivity index (χ1) is 8.66. The fraction of sp³-hybridized carbons (Fsp3) is 0.250. The molecule has 6 nitrogen and oxygen atoms in total. The lowest BCUT2D eigenvalue weighted by atomic mass is 10.1. The maximum atomic E-state index is 11.8. The Balaban J connectivity index is 1.92. The van der Waals surface area contributed by atoms with Crippen LogP contribution in [-0.2, 0) is 11.3 Å². The van der Waals surface area contributed by atoms with Crippen molar-refractivity contribution < 1.29 is 9.32 Å². The van der Waals surface area contributed by atoms with Crippen LogP contribution in [0.1, 0.15) is 23.3 Å². The van der Waals surface area contributed by atoms with Crippen LogP contribution >= 0.6 is 0 Å². The number of aryl methyl sites for hydroxylation is 1. The fourth-order valence-corrected chi connectivity index (χ4v) is 1.50. The second-order valence-corrected chi connectivity index (χ2v) is 3.84. The van der Waals surface area contributed by atoms with Gasteiger partial charge in [-0.25, -0.2) is 0 Å². The number of nitrogens with two attached hydrogens (primary N) is 1. The van der Waals surface area contributed by atoms with Crippen molar-refractivity contribution in [2.75, 3.05) is 0 Å². The Kier molecular flexibility index (Phi) is 3.69. The van der Waals surface area contributed by atoms with Crippen molar-refractivity contribution in [1.29, 1.82) is 0 Å². The first kappa shape index (κ1) is 12.3. The summed E-state index contributed by atoms with van der Waals surface area (Å²) in [5.74, 6) is 0.622. The molecule has 6 heteroatoms. The topological polar surface area (TPSA) is 94.0 Å². The second-order valence-electron chi connectivity index (χ2n) is 3.84. The number of hydrogen-bond donors (Lipinski definition) is 2. The summed E-state index contributed by atoms with van der Waals surface area (Å²) in [5, 5.41) is 6.34. The first-order valence-electron chi connectivity index (χ1n) is 5.54. The van der Waals surface area contributed by atoms with Gasteiger partial charge >= 0.3 is 0 Å². The van der Waals surface area contributed by atoms with Crippen LogP contribution in [0.15, 0.2) is 34.9 Å². The minimum absolute atomic E-state index is 0.205. The maximum Gasteiger partial charge on any atom is 0.241 e. The predicted octanol–water partition coefficient (Wildman–Crippen LogP) is 0.694. The van der Waals surface area contributed by atoms with Gasteiger partial charge in [0, 0.05) is 6.92 Å². The summed E-state index contributed by atoms with van der Waals surface area (Å²) in [7, 11) is 0. The molecule has 0 bridgehead atoms. The Hall–Kier alpha value is -2.21. The van der Waals surface area contributed by atoms with Crippen LogP contribution < -0.4 is 11.1 Å². The molecule has 0 unspecified atom stereocenters. The van der Waals surface area contributed by atoms with Crippen LogP contribution in [0.5, 0.6) is 0 Å². The molecule has 0 aliphatic carbocycles. The van der Waals surface area contributed by atoms with E-state index in [1.165, 1.54) is 0 Å². The highest BCUT2D eigenvalue weighted by molar-refractivity contribution is 5.82. The minimum atomic E-state index is -0.695. The Morgan fingerprint density at radius 2 is 2.17 bits per heavy atom. The molecule has 1 atom stereocenters. The molecule has 1 aromatic heterocycles. The lowest BCUT2D eigenvalue weighted by molar-refractivity contribution is -0.122. The number of hydrogen-bond acceptors (Lipinski definition) is 5. The number of carbonyl (C=O) groups excluding carboxylic acids is 1. The molecule has 1 heterocycles. The smallest absolute Gasteiger partial charge is 0.241 e. The molecule has 94 valence electrons. The molecule has 2 rings (SSSR count). The molecular formula is C12H14N4O2. The van der Waals surface area contributed by atoms with Crippen LogP contribution in [0.3, 0.4) is 0 Å². The lowest BCUT2D eigenvalue weighted by Gasteiger charge is -2.11. The van der Waals surface area contributed by atoms with Crippen molar-refractivity contribution in [2.45, 2.75) is 19.5 Å². The van der Waals surface area contributed by atoms with Gasteiger partial charge in [0.05, 0.1) is 6.54 Å². The number of nitrogens with one attached hydrogen (secondary N) is 1. The largest absolute Gasteiger partial charge is 0.347 e. The summed E-state index contributed by atoms with van der Waals surface area (Å²) in [6.07, 6.45) is 0. The molecule has 0 radical (unpaired) electrons. The molecule has 18 heavy (non-hydrogen) atoms. The Morgan fingerprint density at radius 1 is 1.44 bits per heavy atom. The Labute approximate surface area is 104 Å². The van der Waals surface area contributed by atoms with Gasteiger partial charge in [0.15, 0.2) is 5.82 Å². The van der Waals surface area contributed by atoms with E-state index in [1.54, 1.807) is 6.92 Å². The van der Waals surface area contributed by atoms with E-state index in [-0.39, 0.29) is 12.5 Å². The standard InChI is InChI=1S/C12H14N4O2/c1-8-15-10(16-18-8)7-14-12(17)11(13)9-5-3-2-4-6-9/h2-6,11H,7,13H2,1H3,(H,14,17)/t11-/m1/s1. The van der Waals surface area contributed by atoms with Crippen LogP contribution in [0.2, 0.25) is 0 Å². The van der Waals surface area contributed by atoms with E-state index in [4.69, 9.17) is 10.3 Å². The van der Waals surface area contributed by atoms with E-state index in [0.717, 1.165) is 5.56 Å². The molecule has 1 amide bonds. The first-order valence-corrected chi connectivity index (χ1v) is 5.54. The molecule has 1 aromatic carbocycles. The predicted molar refractivity (Wildman–Crippen MR) is 64.3 cm³/mol. The van der Waals surface area contributed by atoms with Gasteiger partial charge in [-0.3, -0.25) is 4.79 Å². The average molecular weight is 246 g/mol. The van der Waals surface area contributed by atoms with Gasteiger partial charge in [0.1, 0.15) is 6.04 Å². The normalized spacial score (nSPS) is 12.1. The molecule has 3 N–H and O–H groups in total. The van der Waals surface area contributed by atoms with E-state index in [9.17, 15) is 4.79 Å². The van der Waals surface area contributed by atoms with Crippen LogP contribution in [0.4, 0.5) is 0 Å². The van der Waals surface area contributed by atoms with Crippen molar-refractivity contribution in [3.05, 3.63) is 47.6 Å². The highest BCUT2D eigenvalue weighted by Crippen LogP contribution is 2.09. The Morgan fingerprint density at radius 3 is 2.78 bits per heavy atom. The van der Waals surface area contributed by atoms with E-state index < -0.39 is 6.04 Å². The van der Waals surface area contributed by atoms with E-state index in [2.05, 4.69) is 15.5 Å². The van der Waals surface area contributed by atoms with Crippen molar-refractivity contribution in [3.8, 4) is 0 Å². The summed E-state index contributed by atoms with van der Waals surface area (Å²) in [6, 6.07) is 8.47. The molecule has 0 saturated carbocycles. The number of aromatic nitrogens is 2. The molecule has 0 spiro atoms. The quantitative estimate of drug-likeness (QED) is 0.827. The van der Waals surface area contributed by atoms with Gasteiger partial charge in [-0.15, -0.1) is 0 Å². The van der Waals surface area contributed by atoms with Crippen molar-refractivity contribution >= 4 is 5.91 Å². The number of rotatable bonds is 4. The van der Waals surface area contributed by atoms with Crippen molar-refractivity contribution in [3.63, 3.8) is 0 Å². The lowest BCUT2D eigenvalue weighted by Crippen LogP contribution is -2.33. The summed E-state index contributed by atoms with van der Waals surface area (Å²) in [5.41, 5.74) is 6.59. The third-order valence-corrected chi connectivity index (χ3v) is 2.43. The maximum absolute atomic E-state index is 11.8. The monoisotopic (exact) mass is 246 g/mol. The SMILES string of the molecule is Cc1nc(CNC(=O)[C@H](N)c2ccccc2)no1. The molecule has 2 aromatic rings. The fourth-order valence-electron chi connectivity index (χ4n) is 1.50. The zero-order valence-corrected chi connectivity index (χ0v) is 9.96. The van der Waals surface area contributed by atoms with E-state index in [1.807, 2.05) is 30.3 Å². The molecule has 0 aliphatic rings. The van der Waals surface area contributed by atoms with Crippen LogP contribution in [0, 0.1) is 6.92 Å². The highest BCUT2D eigenvalue weighted by Gasteiger charge is 2.15. The van der Waals surface area contributed by atoms with E-state index in [0.29, 0.717) is 11.7 Å². The van der Waals surface area contributed by atoms with Gasteiger partial charge in [-0.2, -0.15) is 4.98 Å². The summed E-state index contributed by atoms with van der Waals surface area (Å²) < 4.78 is 4.80.